The van der Waals surface area contributed by atoms with Gasteiger partial charge in [0.25, 0.3) is 0 Å². The molecule has 1 aliphatic carbocycles. The summed E-state index contributed by atoms with van der Waals surface area (Å²) < 4.78 is 12.2. The fourth-order valence-electron chi connectivity index (χ4n) is 3.51. The van der Waals surface area contributed by atoms with E-state index < -0.39 is 0 Å². The highest BCUT2D eigenvalue weighted by atomic mass is 16.7. The molecule has 3 rings (SSSR count). The third-order valence-corrected chi connectivity index (χ3v) is 5.15. The van der Waals surface area contributed by atoms with Crippen LogP contribution in [0.25, 0.3) is 0 Å². The first kappa shape index (κ1) is 17.0. The lowest BCUT2D eigenvalue weighted by atomic mass is 9.99. The minimum Gasteiger partial charge on any atom is -0.464 e. The molecule has 0 spiro atoms. The van der Waals surface area contributed by atoms with E-state index in [0.29, 0.717) is 18.4 Å². The van der Waals surface area contributed by atoms with Crippen LogP contribution in [0.4, 0.5) is 0 Å². The fourth-order valence-corrected chi connectivity index (χ4v) is 3.51. The molecule has 2 aromatic carbocycles. The van der Waals surface area contributed by atoms with Crippen molar-refractivity contribution in [3.63, 3.8) is 0 Å². The van der Waals surface area contributed by atoms with Gasteiger partial charge in [-0.1, -0.05) is 50.2 Å². The van der Waals surface area contributed by atoms with Crippen LogP contribution in [-0.4, -0.2) is 12.9 Å². The average molecular weight is 324 g/mol. The van der Waals surface area contributed by atoms with Crippen LogP contribution in [0.2, 0.25) is 0 Å². The average Bonchev–Trinajstić information content (AvgIpc) is 3.05. The quantitative estimate of drug-likeness (QED) is 0.611. The standard InChI is InChI=1S/C22H28O2/c1-4-16(3)17-10-13-19(14-11-17)24-22(23-5-2)21-15-12-18-8-6-7-9-20(18)21/h6-11,13-14,16,21-22H,4-5,12,15H2,1-3H3. The molecule has 1 aliphatic rings. The lowest BCUT2D eigenvalue weighted by Gasteiger charge is -2.25. The van der Waals surface area contributed by atoms with Gasteiger partial charge >= 0.3 is 0 Å². The molecule has 0 bridgehead atoms. The third-order valence-electron chi connectivity index (χ3n) is 5.15. The summed E-state index contributed by atoms with van der Waals surface area (Å²) in [4.78, 5) is 0. The van der Waals surface area contributed by atoms with E-state index in [2.05, 4.69) is 62.4 Å². The molecule has 0 fully saturated rings. The molecular formula is C22H28O2. The molecule has 0 saturated carbocycles. The summed E-state index contributed by atoms with van der Waals surface area (Å²) in [6.45, 7) is 7.17. The van der Waals surface area contributed by atoms with Crippen molar-refractivity contribution < 1.29 is 9.47 Å². The van der Waals surface area contributed by atoms with Crippen molar-refractivity contribution in [2.45, 2.75) is 58.2 Å². The molecule has 0 saturated heterocycles. The van der Waals surface area contributed by atoms with Crippen LogP contribution in [0.3, 0.4) is 0 Å². The third kappa shape index (κ3) is 3.64. The molecule has 0 aromatic heterocycles. The Morgan fingerprint density at radius 2 is 1.79 bits per heavy atom. The molecule has 3 unspecified atom stereocenters. The Bertz CT molecular complexity index is 647. The maximum absolute atomic E-state index is 6.24. The van der Waals surface area contributed by atoms with Gasteiger partial charge in [-0.25, -0.2) is 0 Å². The Hall–Kier alpha value is -1.80. The summed E-state index contributed by atoms with van der Waals surface area (Å²) in [5.74, 6) is 1.80. The van der Waals surface area contributed by atoms with E-state index in [4.69, 9.17) is 9.47 Å². The molecule has 128 valence electrons. The van der Waals surface area contributed by atoms with Crippen LogP contribution in [0.15, 0.2) is 48.5 Å². The van der Waals surface area contributed by atoms with Crippen LogP contribution >= 0.6 is 0 Å². The molecule has 2 heteroatoms. The van der Waals surface area contributed by atoms with Crippen LogP contribution in [0, 0.1) is 0 Å². The topological polar surface area (TPSA) is 18.5 Å². The number of fused-ring (bicyclic) bond motifs is 1. The molecular weight excluding hydrogens is 296 g/mol. The Labute approximate surface area is 145 Å². The zero-order valence-electron chi connectivity index (χ0n) is 15.0. The summed E-state index contributed by atoms with van der Waals surface area (Å²) in [5.41, 5.74) is 4.18. The van der Waals surface area contributed by atoms with Gasteiger partial charge in [-0.15, -0.1) is 0 Å². The lowest BCUT2D eigenvalue weighted by molar-refractivity contribution is -0.0917. The number of aryl methyl sites for hydroxylation is 1. The molecule has 2 nitrogen and oxygen atoms in total. The second-order valence-electron chi connectivity index (χ2n) is 6.66. The van der Waals surface area contributed by atoms with Crippen molar-refractivity contribution in [2.75, 3.05) is 6.61 Å². The van der Waals surface area contributed by atoms with Gasteiger partial charge in [0.2, 0.25) is 6.29 Å². The highest BCUT2D eigenvalue weighted by Gasteiger charge is 2.31. The first-order valence-electron chi connectivity index (χ1n) is 9.19. The second kappa shape index (κ2) is 7.85. The molecule has 0 radical (unpaired) electrons. The predicted molar refractivity (Wildman–Crippen MR) is 98.7 cm³/mol. The molecule has 0 heterocycles. The number of hydrogen-bond acceptors (Lipinski definition) is 2. The summed E-state index contributed by atoms with van der Waals surface area (Å²) in [6, 6.07) is 17.2. The maximum atomic E-state index is 6.24. The zero-order chi connectivity index (χ0) is 16.9. The number of benzene rings is 2. The fraction of sp³-hybridized carbons (Fsp3) is 0.455. The molecule has 2 aromatic rings. The van der Waals surface area contributed by atoms with Gasteiger partial charge in [0.05, 0.1) is 0 Å². The molecule has 0 amide bonds. The smallest absolute Gasteiger partial charge is 0.206 e. The summed E-state index contributed by atoms with van der Waals surface area (Å²) in [7, 11) is 0. The van der Waals surface area contributed by atoms with Crippen molar-refractivity contribution in [3.05, 3.63) is 65.2 Å². The van der Waals surface area contributed by atoms with Gasteiger partial charge in [0, 0.05) is 12.5 Å². The van der Waals surface area contributed by atoms with Crippen molar-refractivity contribution in [1.29, 1.82) is 0 Å². The van der Waals surface area contributed by atoms with E-state index in [0.717, 1.165) is 25.0 Å². The van der Waals surface area contributed by atoms with Crippen molar-refractivity contribution in [2.24, 2.45) is 0 Å². The highest BCUT2D eigenvalue weighted by Crippen LogP contribution is 2.37. The van der Waals surface area contributed by atoms with Gasteiger partial charge < -0.3 is 9.47 Å². The summed E-state index contributed by atoms with van der Waals surface area (Å²) >= 11 is 0. The van der Waals surface area contributed by atoms with E-state index in [9.17, 15) is 0 Å². The molecule has 0 N–H and O–H groups in total. The molecule has 3 atom stereocenters. The van der Waals surface area contributed by atoms with Gasteiger partial charge in [0.15, 0.2) is 0 Å². The Kier molecular flexibility index (Phi) is 5.57. The minimum atomic E-state index is -0.215. The second-order valence-corrected chi connectivity index (χ2v) is 6.66. The van der Waals surface area contributed by atoms with Gasteiger partial charge in [-0.3, -0.25) is 0 Å². The Morgan fingerprint density at radius 3 is 2.50 bits per heavy atom. The number of ether oxygens (including phenoxy) is 2. The van der Waals surface area contributed by atoms with Crippen molar-refractivity contribution >= 4 is 0 Å². The monoisotopic (exact) mass is 324 g/mol. The van der Waals surface area contributed by atoms with Gasteiger partial charge in [-0.2, -0.15) is 0 Å². The predicted octanol–water partition coefficient (Wildman–Crippen LogP) is 5.67. The first-order chi connectivity index (χ1) is 11.7. The van der Waals surface area contributed by atoms with E-state index >= 15 is 0 Å². The first-order valence-corrected chi connectivity index (χ1v) is 9.19. The Morgan fingerprint density at radius 1 is 1.04 bits per heavy atom. The SMILES string of the molecule is CCOC(Oc1ccc(C(C)CC)cc1)C1CCc2ccccc21. The van der Waals surface area contributed by atoms with Crippen LogP contribution < -0.4 is 4.74 Å². The number of rotatable bonds is 7. The van der Waals surface area contributed by atoms with Crippen LogP contribution in [0.1, 0.15) is 62.1 Å². The maximum Gasteiger partial charge on any atom is 0.206 e. The van der Waals surface area contributed by atoms with E-state index in [1.54, 1.807) is 0 Å². The normalized spacial score (nSPS) is 18.9. The summed E-state index contributed by atoms with van der Waals surface area (Å²) in [6.07, 6.45) is 3.14. The van der Waals surface area contributed by atoms with E-state index in [1.807, 2.05) is 6.92 Å². The van der Waals surface area contributed by atoms with Gasteiger partial charge in [0.1, 0.15) is 5.75 Å². The van der Waals surface area contributed by atoms with Crippen molar-refractivity contribution in [1.82, 2.24) is 0 Å². The summed E-state index contributed by atoms with van der Waals surface area (Å²) in [5, 5.41) is 0. The molecule has 0 aliphatic heterocycles. The Balaban J connectivity index is 1.75. The van der Waals surface area contributed by atoms with Crippen LogP contribution in [0.5, 0.6) is 5.75 Å². The largest absolute Gasteiger partial charge is 0.464 e. The highest BCUT2D eigenvalue weighted by molar-refractivity contribution is 5.36. The van der Waals surface area contributed by atoms with E-state index in [-0.39, 0.29) is 6.29 Å². The van der Waals surface area contributed by atoms with Crippen molar-refractivity contribution in [3.8, 4) is 5.75 Å². The lowest BCUT2D eigenvalue weighted by Crippen LogP contribution is -2.27. The number of hydrogen-bond donors (Lipinski definition) is 0. The molecule has 24 heavy (non-hydrogen) atoms. The van der Waals surface area contributed by atoms with E-state index in [1.165, 1.54) is 16.7 Å². The minimum absolute atomic E-state index is 0.215. The van der Waals surface area contributed by atoms with Crippen LogP contribution in [-0.2, 0) is 11.2 Å². The zero-order valence-corrected chi connectivity index (χ0v) is 15.0. The van der Waals surface area contributed by atoms with Gasteiger partial charge in [-0.05, 0) is 60.9 Å².